The third-order valence-electron chi connectivity index (χ3n) is 8.95. The number of rotatable bonds is 6. The Kier molecular flexibility index (Phi) is 5.76. The van der Waals surface area contributed by atoms with Gasteiger partial charge in [0.1, 0.15) is 5.82 Å². The highest BCUT2D eigenvalue weighted by molar-refractivity contribution is 5.94. The van der Waals surface area contributed by atoms with Crippen LogP contribution in [-0.2, 0) is 6.54 Å². The second-order valence-corrected chi connectivity index (χ2v) is 11.6. The summed E-state index contributed by atoms with van der Waals surface area (Å²) >= 11 is 0. The van der Waals surface area contributed by atoms with Gasteiger partial charge in [0.2, 0.25) is 5.95 Å². The van der Waals surface area contributed by atoms with Gasteiger partial charge in [-0.25, -0.2) is 4.98 Å². The number of piperidine rings is 1. The van der Waals surface area contributed by atoms with E-state index in [1.807, 2.05) is 25.3 Å². The molecule has 7 rings (SSSR count). The fourth-order valence-electron chi connectivity index (χ4n) is 6.92. The second-order valence-electron chi connectivity index (χ2n) is 11.6. The molecule has 4 atom stereocenters. The van der Waals surface area contributed by atoms with E-state index in [1.165, 1.54) is 5.56 Å². The average Bonchev–Trinajstić information content (AvgIpc) is 3.27. The van der Waals surface area contributed by atoms with Gasteiger partial charge in [0, 0.05) is 55.6 Å². The Bertz CT molecular complexity index is 1350. The van der Waals surface area contributed by atoms with Crippen molar-refractivity contribution in [2.75, 3.05) is 36.4 Å². The molecule has 1 aromatic heterocycles. The number of nitrogens with zero attached hydrogens (tertiary/aromatic N) is 4. The molecular weight excluding hydrogens is 472 g/mol. The Morgan fingerprint density at radius 3 is 2.58 bits per heavy atom. The standard InChI is InChI=1S/C31H36N6O/c1-20-8-6-7-11-24(20)27-14-22-15-33-30(35-29(22)37(31(27,2)38)23-12-13-32-16-23)34-28-25-18-36(19-26(25)28)17-21-9-4-3-5-10-21/h3-11,14-15,23,25-26,28,32,38H,12-13,16-19H2,1-2H3,(H,33,34,35). The van der Waals surface area contributed by atoms with Crippen molar-refractivity contribution in [2.45, 2.75) is 44.6 Å². The SMILES string of the molecule is Cc1ccccc1C1=Cc2cnc(NC3C4CN(Cc5ccccc5)CC43)nc2N(C2CCNC2)C1(C)O. The molecule has 196 valence electrons. The Hall–Kier alpha value is -3.26. The van der Waals surface area contributed by atoms with Crippen molar-refractivity contribution in [3.63, 3.8) is 0 Å². The van der Waals surface area contributed by atoms with Crippen LogP contribution in [-0.4, -0.2) is 64.0 Å². The van der Waals surface area contributed by atoms with Crippen LogP contribution >= 0.6 is 0 Å². The van der Waals surface area contributed by atoms with Crippen LogP contribution in [0.4, 0.5) is 11.8 Å². The third-order valence-corrected chi connectivity index (χ3v) is 8.95. The number of aromatic nitrogens is 2. The lowest BCUT2D eigenvalue weighted by Crippen LogP contribution is -2.55. The zero-order valence-electron chi connectivity index (χ0n) is 22.1. The molecule has 4 unspecified atom stereocenters. The smallest absolute Gasteiger partial charge is 0.224 e. The fourth-order valence-corrected chi connectivity index (χ4v) is 6.92. The zero-order chi connectivity index (χ0) is 25.9. The minimum absolute atomic E-state index is 0.158. The molecule has 2 aromatic carbocycles. The van der Waals surface area contributed by atoms with Gasteiger partial charge in [-0.1, -0.05) is 54.6 Å². The maximum absolute atomic E-state index is 12.1. The lowest BCUT2D eigenvalue weighted by Gasteiger charge is -2.46. The second kappa shape index (κ2) is 9.19. The van der Waals surface area contributed by atoms with E-state index >= 15 is 0 Å². The summed E-state index contributed by atoms with van der Waals surface area (Å²) in [5.41, 5.74) is 4.25. The number of fused-ring (bicyclic) bond motifs is 2. The van der Waals surface area contributed by atoms with E-state index in [0.717, 1.165) is 67.2 Å². The van der Waals surface area contributed by atoms with Crippen LogP contribution in [0.1, 0.15) is 35.6 Å². The van der Waals surface area contributed by atoms with Crippen LogP contribution in [0.2, 0.25) is 0 Å². The predicted octanol–water partition coefficient (Wildman–Crippen LogP) is 3.76. The molecule has 2 saturated heterocycles. The molecule has 0 amide bonds. The van der Waals surface area contributed by atoms with Crippen LogP contribution < -0.4 is 15.5 Å². The highest BCUT2D eigenvalue weighted by atomic mass is 16.3. The van der Waals surface area contributed by atoms with Crippen LogP contribution in [0.25, 0.3) is 11.6 Å². The highest BCUT2D eigenvalue weighted by Gasteiger charge is 2.56. The van der Waals surface area contributed by atoms with Crippen molar-refractivity contribution >= 4 is 23.4 Å². The van der Waals surface area contributed by atoms with Crippen molar-refractivity contribution in [1.29, 1.82) is 0 Å². The molecule has 0 radical (unpaired) electrons. The number of benzene rings is 2. The van der Waals surface area contributed by atoms with Crippen molar-refractivity contribution in [2.24, 2.45) is 11.8 Å². The topological polar surface area (TPSA) is 76.6 Å². The molecular formula is C31H36N6O. The summed E-state index contributed by atoms with van der Waals surface area (Å²) < 4.78 is 0. The number of likely N-dealkylation sites (tertiary alicyclic amines) is 1. The summed E-state index contributed by atoms with van der Waals surface area (Å²) in [5, 5.41) is 19.2. The molecule has 4 aliphatic rings. The number of nitrogens with one attached hydrogen (secondary N) is 2. The molecule has 0 bridgehead atoms. The van der Waals surface area contributed by atoms with E-state index in [4.69, 9.17) is 9.97 Å². The first-order valence-corrected chi connectivity index (χ1v) is 13.9. The first-order chi connectivity index (χ1) is 18.5. The van der Waals surface area contributed by atoms with Crippen molar-refractivity contribution in [3.05, 3.63) is 83.0 Å². The maximum atomic E-state index is 12.1. The van der Waals surface area contributed by atoms with Gasteiger partial charge in [0.15, 0.2) is 5.72 Å². The zero-order valence-corrected chi connectivity index (χ0v) is 22.1. The highest BCUT2D eigenvalue weighted by Crippen LogP contribution is 2.48. The number of anilines is 2. The summed E-state index contributed by atoms with van der Waals surface area (Å²) in [4.78, 5) is 14.5. The molecule has 3 aromatic rings. The summed E-state index contributed by atoms with van der Waals surface area (Å²) in [7, 11) is 0. The Morgan fingerprint density at radius 2 is 1.84 bits per heavy atom. The normalized spacial score (nSPS) is 30.1. The van der Waals surface area contributed by atoms with E-state index in [1.54, 1.807) is 0 Å². The monoisotopic (exact) mass is 508 g/mol. The summed E-state index contributed by atoms with van der Waals surface area (Å²) in [5.74, 6) is 2.76. The number of hydrogen-bond acceptors (Lipinski definition) is 7. The molecule has 3 N–H and O–H groups in total. The van der Waals surface area contributed by atoms with E-state index in [2.05, 4.69) is 75.9 Å². The van der Waals surface area contributed by atoms with Crippen LogP contribution in [0.3, 0.4) is 0 Å². The van der Waals surface area contributed by atoms with E-state index in [0.29, 0.717) is 23.8 Å². The Labute approximate surface area is 224 Å². The average molecular weight is 509 g/mol. The van der Waals surface area contributed by atoms with Crippen LogP contribution in [0.15, 0.2) is 60.8 Å². The van der Waals surface area contributed by atoms with Crippen molar-refractivity contribution < 1.29 is 5.11 Å². The van der Waals surface area contributed by atoms with Gasteiger partial charge in [0.05, 0.1) is 0 Å². The molecule has 7 heteroatoms. The first kappa shape index (κ1) is 23.8. The first-order valence-electron chi connectivity index (χ1n) is 13.9. The van der Waals surface area contributed by atoms with Gasteiger partial charge in [-0.15, -0.1) is 0 Å². The fraction of sp³-hybridized carbons (Fsp3) is 0.419. The maximum Gasteiger partial charge on any atom is 0.224 e. The van der Waals surface area contributed by atoms with Gasteiger partial charge in [-0.2, -0.15) is 4.98 Å². The molecule has 3 aliphatic heterocycles. The van der Waals surface area contributed by atoms with Gasteiger partial charge in [-0.3, -0.25) is 4.90 Å². The minimum atomic E-state index is -1.19. The summed E-state index contributed by atoms with van der Waals surface area (Å²) in [6.45, 7) is 9.02. The van der Waals surface area contributed by atoms with Crippen molar-refractivity contribution in [1.82, 2.24) is 20.2 Å². The van der Waals surface area contributed by atoms with Gasteiger partial charge >= 0.3 is 0 Å². The summed E-state index contributed by atoms with van der Waals surface area (Å²) in [6, 6.07) is 19.6. The van der Waals surface area contributed by atoms with E-state index in [9.17, 15) is 5.11 Å². The Morgan fingerprint density at radius 1 is 1.08 bits per heavy atom. The molecule has 4 heterocycles. The van der Waals surface area contributed by atoms with Gasteiger partial charge in [-0.05, 0) is 61.4 Å². The predicted molar refractivity (Wildman–Crippen MR) is 152 cm³/mol. The van der Waals surface area contributed by atoms with Crippen LogP contribution in [0.5, 0.6) is 0 Å². The Balaban J connectivity index is 1.14. The number of aliphatic hydroxyl groups is 1. The minimum Gasteiger partial charge on any atom is -0.367 e. The molecule has 3 fully saturated rings. The molecule has 1 aliphatic carbocycles. The number of aryl methyl sites for hydroxylation is 1. The van der Waals surface area contributed by atoms with Gasteiger partial charge in [0.25, 0.3) is 0 Å². The van der Waals surface area contributed by atoms with E-state index < -0.39 is 5.72 Å². The van der Waals surface area contributed by atoms with E-state index in [-0.39, 0.29) is 6.04 Å². The lowest BCUT2D eigenvalue weighted by molar-refractivity contribution is 0.107. The third kappa shape index (κ3) is 4.10. The number of hydrogen-bond donors (Lipinski definition) is 3. The van der Waals surface area contributed by atoms with Gasteiger partial charge < -0.3 is 20.6 Å². The molecule has 1 saturated carbocycles. The summed E-state index contributed by atoms with van der Waals surface area (Å²) in [6.07, 6.45) is 4.97. The molecule has 0 spiro atoms. The lowest BCUT2D eigenvalue weighted by atomic mass is 9.86. The molecule has 7 nitrogen and oxygen atoms in total. The molecule has 38 heavy (non-hydrogen) atoms. The quantitative estimate of drug-likeness (QED) is 0.468. The van der Waals surface area contributed by atoms with Crippen molar-refractivity contribution in [3.8, 4) is 0 Å². The van der Waals surface area contributed by atoms with Crippen LogP contribution in [0, 0.1) is 18.8 Å². The largest absolute Gasteiger partial charge is 0.367 e.